The van der Waals surface area contributed by atoms with Crippen LogP contribution in [0.15, 0.2) is 30.7 Å². The zero-order chi connectivity index (χ0) is 23.3. The topological polar surface area (TPSA) is 119 Å². The van der Waals surface area contributed by atoms with Gasteiger partial charge in [-0.25, -0.2) is 18.6 Å². The molecule has 2 atom stereocenters. The van der Waals surface area contributed by atoms with E-state index >= 15 is 0 Å². The summed E-state index contributed by atoms with van der Waals surface area (Å²) in [5.74, 6) is -1.37. The summed E-state index contributed by atoms with van der Waals surface area (Å²) >= 11 is 0. The van der Waals surface area contributed by atoms with Gasteiger partial charge in [0.2, 0.25) is 0 Å². The van der Waals surface area contributed by atoms with Crippen LogP contribution in [0.4, 0.5) is 19.4 Å². The lowest BCUT2D eigenvalue weighted by atomic mass is 9.82. The molecule has 2 aliphatic heterocycles. The number of aryl methyl sites for hydroxylation is 1. The van der Waals surface area contributed by atoms with Crippen LogP contribution in [0, 0.1) is 11.6 Å². The van der Waals surface area contributed by atoms with Gasteiger partial charge in [-0.15, -0.1) is 0 Å². The third-order valence-corrected chi connectivity index (χ3v) is 6.53. The second kappa shape index (κ2) is 7.68. The molecular formula is C22H22F2N6O3. The first-order valence-corrected chi connectivity index (χ1v) is 10.5. The Morgan fingerprint density at radius 1 is 1.21 bits per heavy atom. The van der Waals surface area contributed by atoms with Gasteiger partial charge in [0.25, 0.3) is 0 Å². The predicted molar refractivity (Wildman–Crippen MR) is 114 cm³/mol. The fraction of sp³-hybridized carbons (Fsp3) is 0.364. The van der Waals surface area contributed by atoms with Crippen LogP contribution in [0.2, 0.25) is 0 Å². The summed E-state index contributed by atoms with van der Waals surface area (Å²) < 4.78 is 35.8. The lowest BCUT2D eigenvalue weighted by Gasteiger charge is -2.22. The number of halogens is 2. The summed E-state index contributed by atoms with van der Waals surface area (Å²) in [6, 6.07) is 3.58. The molecule has 1 fully saturated rings. The Kier molecular flexibility index (Phi) is 4.91. The number of nitrogen functional groups attached to an aromatic ring is 1. The average molecular weight is 456 g/mol. The van der Waals surface area contributed by atoms with E-state index in [9.17, 15) is 18.7 Å². The number of nitrogens with zero attached hydrogens (tertiary/aromatic N) is 5. The Bertz CT molecular complexity index is 1230. The standard InChI is InChI=1S/C22H22F2N6O3/c1-12(19-14(23)9-26-10-15(19)24)33-17-6-13(8-27-20(17)25)16-7-18-22(3-5-30(18)28-16)2-4-29(11-22)21(31)32/h6-10,12H,2-5,11H2,1H3,(H2,25,27)(H,31,32)/t12-,22-/m1/s1. The summed E-state index contributed by atoms with van der Waals surface area (Å²) in [6.45, 7) is 3.16. The Morgan fingerprint density at radius 2 is 1.94 bits per heavy atom. The number of amides is 1. The third-order valence-electron chi connectivity index (χ3n) is 6.53. The Balaban J connectivity index is 1.43. The molecule has 0 bridgehead atoms. The van der Waals surface area contributed by atoms with Crippen LogP contribution >= 0.6 is 0 Å². The number of hydrogen-bond acceptors (Lipinski definition) is 6. The van der Waals surface area contributed by atoms with Crippen molar-refractivity contribution in [2.45, 2.75) is 37.8 Å². The molecule has 9 nitrogen and oxygen atoms in total. The van der Waals surface area contributed by atoms with E-state index in [2.05, 4.69) is 15.1 Å². The highest BCUT2D eigenvalue weighted by atomic mass is 19.1. The van der Waals surface area contributed by atoms with Crippen molar-refractivity contribution in [1.82, 2.24) is 24.6 Å². The smallest absolute Gasteiger partial charge is 0.407 e. The molecule has 0 aromatic carbocycles. The summed E-state index contributed by atoms with van der Waals surface area (Å²) in [5, 5.41) is 14.0. The molecule has 5 rings (SSSR count). The maximum Gasteiger partial charge on any atom is 0.407 e. The number of anilines is 1. The molecule has 1 amide bonds. The van der Waals surface area contributed by atoms with Gasteiger partial charge in [0, 0.05) is 42.5 Å². The van der Waals surface area contributed by atoms with Gasteiger partial charge in [-0.1, -0.05) is 0 Å². The number of rotatable bonds is 4. The number of fused-ring (bicyclic) bond motifs is 2. The number of carboxylic acid groups (broad SMARTS) is 1. The van der Waals surface area contributed by atoms with Crippen LogP contribution in [0.3, 0.4) is 0 Å². The van der Waals surface area contributed by atoms with Gasteiger partial charge in [0.15, 0.2) is 23.2 Å². The van der Waals surface area contributed by atoms with Crippen LogP contribution in [0.5, 0.6) is 5.75 Å². The van der Waals surface area contributed by atoms with Crippen LogP contribution in [0.25, 0.3) is 11.3 Å². The maximum absolute atomic E-state index is 14.1. The van der Waals surface area contributed by atoms with Crippen molar-refractivity contribution in [3.63, 3.8) is 0 Å². The van der Waals surface area contributed by atoms with Crippen LogP contribution in [-0.4, -0.2) is 48.9 Å². The van der Waals surface area contributed by atoms with Crippen molar-refractivity contribution in [3.05, 3.63) is 53.6 Å². The summed E-state index contributed by atoms with van der Waals surface area (Å²) in [6.07, 6.45) is 3.12. The summed E-state index contributed by atoms with van der Waals surface area (Å²) in [5.41, 5.74) is 7.74. The molecular weight excluding hydrogens is 434 g/mol. The highest BCUT2D eigenvalue weighted by Crippen LogP contribution is 2.44. The van der Waals surface area contributed by atoms with Crippen molar-refractivity contribution in [2.24, 2.45) is 0 Å². The Labute approximate surface area is 187 Å². The van der Waals surface area contributed by atoms with Crippen molar-refractivity contribution in [2.75, 3.05) is 18.8 Å². The molecule has 0 unspecified atom stereocenters. The molecule has 11 heteroatoms. The van der Waals surface area contributed by atoms with Crippen molar-refractivity contribution in [3.8, 4) is 17.0 Å². The van der Waals surface area contributed by atoms with Gasteiger partial charge in [-0.2, -0.15) is 5.10 Å². The minimum absolute atomic E-state index is 0.0802. The van der Waals surface area contributed by atoms with Gasteiger partial charge in [-0.3, -0.25) is 9.67 Å². The Morgan fingerprint density at radius 3 is 2.64 bits per heavy atom. The largest absolute Gasteiger partial charge is 0.482 e. The first-order chi connectivity index (χ1) is 15.8. The van der Waals surface area contributed by atoms with Gasteiger partial charge >= 0.3 is 6.09 Å². The van der Waals surface area contributed by atoms with Crippen LogP contribution in [-0.2, 0) is 12.0 Å². The average Bonchev–Trinajstić information content (AvgIpc) is 3.46. The first-order valence-electron chi connectivity index (χ1n) is 10.5. The monoisotopic (exact) mass is 456 g/mol. The number of likely N-dealkylation sites (tertiary alicyclic amines) is 1. The molecule has 3 aromatic heterocycles. The van der Waals surface area contributed by atoms with E-state index in [4.69, 9.17) is 10.5 Å². The number of hydrogen-bond donors (Lipinski definition) is 2. The summed E-state index contributed by atoms with van der Waals surface area (Å²) in [4.78, 5) is 20.5. The Hall–Kier alpha value is -3.76. The second-order valence-electron chi connectivity index (χ2n) is 8.51. The highest BCUT2D eigenvalue weighted by molar-refractivity contribution is 5.67. The van der Waals surface area contributed by atoms with Crippen molar-refractivity contribution < 1.29 is 23.4 Å². The third kappa shape index (κ3) is 3.53. The van der Waals surface area contributed by atoms with E-state index in [1.165, 1.54) is 11.8 Å². The minimum Gasteiger partial charge on any atom is -0.482 e. The molecule has 172 valence electrons. The van der Waals surface area contributed by atoms with E-state index < -0.39 is 23.8 Å². The molecule has 1 spiro atoms. The van der Waals surface area contributed by atoms with E-state index in [-0.39, 0.29) is 22.5 Å². The minimum atomic E-state index is -0.969. The fourth-order valence-electron chi connectivity index (χ4n) is 4.80. The number of aromatic nitrogens is 4. The fourth-order valence-corrected chi connectivity index (χ4v) is 4.80. The normalized spacial score (nSPS) is 20.3. The molecule has 0 saturated carbocycles. The number of carbonyl (C=O) groups is 1. The van der Waals surface area contributed by atoms with E-state index in [1.807, 2.05) is 10.7 Å². The molecule has 3 N–H and O–H groups in total. The van der Waals surface area contributed by atoms with E-state index in [0.29, 0.717) is 30.9 Å². The molecule has 0 radical (unpaired) electrons. The van der Waals surface area contributed by atoms with E-state index in [0.717, 1.165) is 30.9 Å². The van der Waals surface area contributed by atoms with Crippen LogP contribution < -0.4 is 10.5 Å². The number of ether oxygens (including phenoxy) is 1. The number of nitrogens with two attached hydrogens (primary N) is 1. The molecule has 5 heterocycles. The summed E-state index contributed by atoms with van der Waals surface area (Å²) in [7, 11) is 0. The lowest BCUT2D eigenvalue weighted by molar-refractivity contribution is 0.153. The lowest BCUT2D eigenvalue weighted by Crippen LogP contribution is -2.32. The van der Waals surface area contributed by atoms with Gasteiger partial charge < -0.3 is 20.5 Å². The van der Waals surface area contributed by atoms with Crippen molar-refractivity contribution >= 4 is 11.9 Å². The highest BCUT2D eigenvalue weighted by Gasteiger charge is 2.47. The quantitative estimate of drug-likeness (QED) is 0.618. The molecule has 33 heavy (non-hydrogen) atoms. The maximum atomic E-state index is 14.1. The molecule has 1 saturated heterocycles. The SMILES string of the molecule is C[C@@H](Oc1cc(-c2cc3n(n2)CC[C@@]32CCN(C(=O)O)C2)cnc1N)c1c(F)cncc1F. The van der Waals surface area contributed by atoms with E-state index in [1.54, 1.807) is 12.3 Å². The molecule has 0 aliphatic carbocycles. The zero-order valence-corrected chi connectivity index (χ0v) is 17.8. The zero-order valence-electron chi connectivity index (χ0n) is 17.8. The predicted octanol–water partition coefficient (Wildman–Crippen LogP) is 3.37. The van der Waals surface area contributed by atoms with Crippen molar-refractivity contribution in [1.29, 1.82) is 0 Å². The van der Waals surface area contributed by atoms with Gasteiger partial charge in [-0.05, 0) is 31.9 Å². The second-order valence-corrected chi connectivity index (χ2v) is 8.51. The molecule has 2 aliphatic rings. The van der Waals surface area contributed by atoms with Gasteiger partial charge in [0.1, 0.15) is 6.10 Å². The van der Waals surface area contributed by atoms with Gasteiger partial charge in [0.05, 0.1) is 23.7 Å². The molecule has 3 aromatic rings. The number of pyridine rings is 2. The first kappa shape index (κ1) is 21.1. The van der Waals surface area contributed by atoms with Crippen LogP contribution in [0.1, 0.15) is 37.1 Å².